The van der Waals surface area contributed by atoms with Crippen molar-refractivity contribution in [2.75, 3.05) is 5.32 Å². The van der Waals surface area contributed by atoms with E-state index >= 15 is 0 Å². The molecule has 0 saturated carbocycles. The molecular weight excluding hydrogens is 266 g/mol. The zero-order valence-electron chi connectivity index (χ0n) is 11.4. The first-order valence-corrected chi connectivity index (χ1v) is 6.47. The summed E-state index contributed by atoms with van der Waals surface area (Å²) in [6, 6.07) is 12.9. The van der Waals surface area contributed by atoms with E-state index in [1.165, 1.54) is 6.26 Å². The normalized spacial score (nSPS) is 10.3. The van der Waals surface area contributed by atoms with Crippen LogP contribution >= 0.6 is 0 Å². The molecule has 2 heterocycles. The zero-order valence-corrected chi connectivity index (χ0v) is 11.4. The van der Waals surface area contributed by atoms with Crippen LogP contribution in [0.4, 0.5) is 5.82 Å². The summed E-state index contributed by atoms with van der Waals surface area (Å²) in [5.41, 5.74) is 2.35. The fourth-order valence-corrected chi connectivity index (χ4v) is 1.84. The minimum atomic E-state index is -0.320. The Balaban J connectivity index is 1.76. The minimum Gasteiger partial charge on any atom is -0.442 e. The molecule has 0 radical (unpaired) electrons. The number of pyridine rings is 1. The number of anilines is 1. The predicted octanol–water partition coefficient (Wildman–Crippen LogP) is 3.30. The highest BCUT2D eigenvalue weighted by Crippen LogP contribution is 2.21. The van der Waals surface area contributed by atoms with Gasteiger partial charge in [-0.05, 0) is 31.2 Å². The van der Waals surface area contributed by atoms with E-state index in [1.807, 2.05) is 31.2 Å². The second-order valence-corrected chi connectivity index (χ2v) is 4.57. The van der Waals surface area contributed by atoms with Crippen molar-refractivity contribution in [3.05, 3.63) is 66.2 Å². The van der Waals surface area contributed by atoms with Crippen molar-refractivity contribution >= 4 is 11.7 Å². The third-order valence-corrected chi connectivity index (χ3v) is 2.94. The molecule has 1 aromatic carbocycles. The largest absolute Gasteiger partial charge is 0.442 e. The quantitative estimate of drug-likeness (QED) is 0.798. The Morgan fingerprint density at radius 3 is 2.67 bits per heavy atom. The van der Waals surface area contributed by atoms with Gasteiger partial charge in [0, 0.05) is 11.8 Å². The fourth-order valence-electron chi connectivity index (χ4n) is 1.84. The molecule has 0 aliphatic carbocycles. The van der Waals surface area contributed by atoms with Crippen LogP contribution in [0.15, 0.2) is 59.3 Å². The van der Waals surface area contributed by atoms with Crippen LogP contribution in [0.5, 0.6) is 0 Å². The lowest BCUT2D eigenvalue weighted by Gasteiger charge is -1.99. The molecule has 5 nitrogen and oxygen atoms in total. The maximum Gasteiger partial charge on any atom is 0.275 e. The lowest BCUT2D eigenvalue weighted by Crippen LogP contribution is -2.13. The van der Waals surface area contributed by atoms with Crippen LogP contribution in [0.2, 0.25) is 0 Å². The third-order valence-electron chi connectivity index (χ3n) is 2.94. The number of hydrogen-bond donors (Lipinski definition) is 1. The van der Waals surface area contributed by atoms with E-state index in [-0.39, 0.29) is 5.91 Å². The van der Waals surface area contributed by atoms with Crippen molar-refractivity contribution in [1.82, 2.24) is 9.97 Å². The summed E-state index contributed by atoms with van der Waals surface area (Å²) >= 11 is 0. The second kappa shape index (κ2) is 5.58. The van der Waals surface area contributed by atoms with Crippen LogP contribution in [0.25, 0.3) is 11.5 Å². The number of amides is 1. The second-order valence-electron chi connectivity index (χ2n) is 4.57. The van der Waals surface area contributed by atoms with E-state index in [1.54, 1.807) is 24.4 Å². The zero-order chi connectivity index (χ0) is 14.7. The van der Waals surface area contributed by atoms with Crippen molar-refractivity contribution in [1.29, 1.82) is 0 Å². The first-order chi connectivity index (χ1) is 10.2. The van der Waals surface area contributed by atoms with Crippen LogP contribution in [0.1, 0.15) is 16.1 Å². The van der Waals surface area contributed by atoms with E-state index in [9.17, 15) is 4.79 Å². The Morgan fingerprint density at radius 2 is 1.95 bits per heavy atom. The van der Waals surface area contributed by atoms with Gasteiger partial charge in [0.2, 0.25) is 5.89 Å². The number of rotatable bonds is 3. The molecule has 3 aromatic rings. The highest BCUT2D eigenvalue weighted by atomic mass is 16.3. The van der Waals surface area contributed by atoms with Crippen LogP contribution < -0.4 is 5.32 Å². The van der Waals surface area contributed by atoms with E-state index < -0.39 is 0 Å². The first kappa shape index (κ1) is 13.1. The molecule has 2 aromatic heterocycles. The van der Waals surface area contributed by atoms with Gasteiger partial charge in [0.15, 0.2) is 5.82 Å². The van der Waals surface area contributed by atoms with Gasteiger partial charge in [0.25, 0.3) is 5.91 Å². The van der Waals surface area contributed by atoms with E-state index in [0.717, 1.165) is 11.1 Å². The molecule has 5 heteroatoms. The third kappa shape index (κ3) is 2.97. The number of hydrogen-bond acceptors (Lipinski definition) is 4. The molecule has 0 atom stereocenters. The number of nitrogens with zero attached hydrogens (tertiary/aromatic N) is 2. The maximum absolute atomic E-state index is 11.9. The van der Waals surface area contributed by atoms with Crippen LogP contribution in [0.3, 0.4) is 0 Å². The van der Waals surface area contributed by atoms with Crippen molar-refractivity contribution in [2.24, 2.45) is 0 Å². The summed E-state index contributed by atoms with van der Waals surface area (Å²) in [7, 11) is 0. The summed E-state index contributed by atoms with van der Waals surface area (Å²) in [5.74, 6) is 0.506. The molecule has 0 fully saturated rings. The van der Waals surface area contributed by atoms with Crippen molar-refractivity contribution in [3.63, 3.8) is 0 Å². The molecule has 0 aliphatic rings. The lowest BCUT2D eigenvalue weighted by atomic mass is 10.1. The summed E-state index contributed by atoms with van der Waals surface area (Å²) in [6.45, 7) is 2.01. The van der Waals surface area contributed by atoms with Gasteiger partial charge in [0.1, 0.15) is 12.0 Å². The van der Waals surface area contributed by atoms with E-state index in [4.69, 9.17) is 4.42 Å². The standard InChI is InChI=1S/C16H13N3O2/c1-11-5-7-12(8-6-11)16-19-14(10-21-16)18-15(20)13-4-2-3-9-17-13/h2-10H,1H3,(H,18,20). The fraction of sp³-hybridized carbons (Fsp3) is 0.0625. The minimum absolute atomic E-state index is 0.320. The molecular formula is C16H13N3O2. The number of benzene rings is 1. The first-order valence-electron chi connectivity index (χ1n) is 6.47. The van der Waals surface area contributed by atoms with Crippen molar-refractivity contribution < 1.29 is 9.21 Å². The number of carbonyl (C=O) groups excluding carboxylic acids is 1. The van der Waals surface area contributed by atoms with E-state index in [2.05, 4.69) is 15.3 Å². The van der Waals surface area contributed by atoms with Crippen molar-refractivity contribution in [2.45, 2.75) is 6.92 Å². The van der Waals surface area contributed by atoms with Gasteiger partial charge in [-0.25, -0.2) is 0 Å². The summed E-state index contributed by atoms with van der Waals surface area (Å²) in [4.78, 5) is 20.2. The molecule has 0 aliphatic heterocycles. The van der Waals surface area contributed by atoms with Gasteiger partial charge < -0.3 is 9.73 Å². The molecule has 0 saturated heterocycles. The Labute approximate surface area is 121 Å². The lowest BCUT2D eigenvalue weighted by molar-refractivity contribution is 0.102. The molecule has 21 heavy (non-hydrogen) atoms. The highest BCUT2D eigenvalue weighted by molar-refractivity contribution is 6.02. The molecule has 0 bridgehead atoms. The predicted molar refractivity (Wildman–Crippen MR) is 78.9 cm³/mol. The molecule has 0 unspecified atom stereocenters. The van der Waals surface area contributed by atoms with Gasteiger partial charge >= 0.3 is 0 Å². The Kier molecular flexibility index (Phi) is 3.47. The number of nitrogens with one attached hydrogen (secondary N) is 1. The summed E-state index contributed by atoms with van der Waals surface area (Å²) in [6.07, 6.45) is 2.98. The number of oxazole rings is 1. The number of carbonyl (C=O) groups is 1. The average molecular weight is 279 g/mol. The molecule has 0 spiro atoms. The maximum atomic E-state index is 11.9. The van der Waals surface area contributed by atoms with Crippen LogP contribution in [-0.2, 0) is 0 Å². The summed E-state index contributed by atoms with van der Waals surface area (Å²) in [5, 5.41) is 2.65. The Morgan fingerprint density at radius 1 is 1.14 bits per heavy atom. The molecule has 1 N–H and O–H groups in total. The van der Waals surface area contributed by atoms with Gasteiger partial charge in [-0.15, -0.1) is 0 Å². The van der Waals surface area contributed by atoms with Crippen molar-refractivity contribution in [3.8, 4) is 11.5 Å². The molecule has 104 valence electrons. The monoisotopic (exact) mass is 279 g/mol. The van der Waals surface area contributed by atoms with Gasteiger partial charge in [-0.3, -0.25) is 9.78 Å². The van der Waals surface area contributed by atoms with Crippen LogP contribution in [-0.4, -0.2) is 15.9 Å². The van der Waals surface area contributed by atoms with E-state index in [0.29, 0.717) is 17.4 Å². The van der Waals surface area contributed by atoms with Gasteiger partial charge in [-0.2, -0.15) is 4.98 Å². The molecule has 1 amide bonds. The average Bonchev–Trinajstić information content (AvgIpc) is 2.97. The van der Waals surface area contributed by atoms with Gasteiger partial charge in [-0.1, -0.05) is 23.8 Å². The summed E-state index contributed by atoms with van der Waals surface area (Å²) < 4.78 is 5.38. The Bertz CT molecular complexity index is 749. The smallest absolute Gasteiger partial charge is 0.275 e. The van der Waals surface area contributed by atoms with Crippen LogP contribution in [0, 0.1) is 6.92 Å². The van der Waals surface area contributed by atoms with Gasteiger partial charge in [0.05, 0.1) is 0 Å². The molecule has 3 rings (SSSR count). The highest BCUT2D eigenvalue weighted by Gasteiger charge is 2.11. The SMILES string of the molecule is Cc1ccc(-c2nc(NC(=O)c3ccccn3)co2)cc1. The number of aryl methyl sites for hydroxylation is 1. The Hall–Kier alpha value is -2.95. The topological polar surface area (TPSA) is 68.0 Å². The number of aromatic nitrogens is 2.